The molecule has 1 amide bonds. The van der Waals surface area contributed by atoms with E-state index in [0.29, 0.717) is 17.2 Å². The van der Waals surface area contributed by atoms with Crippen molar-refractivity contribution >= 4 is 17.6 Å². The summed E-state index contributed by atoms with van der Waals surface area (Å²) in [5.74, 6) is -1.09. The molecule has 8 heteroatoms. The van der Waals surface area contributed by atoms with E-state index in [4.69, 9.17) is 4.74 Å². The van der Waals surface area contributed by atoms with Crippen LogP contribution in [0, 0.1) is 12.7 Å². The van der Waals surface area contributed by atoms with E-state index >= 15 is 0 Å². The fraction of sp³-hybridized carbons (Fsp3) is 0.158. The number of halogens is 1. The SMILES string of the molecule is CCOC(=O)c1ccccc1NC(=O)c1nc(C)n(-c2ccc(F)cc2)n1. The maximum absolute atomic E-state index is 13.1. The predicted octanol–water partition coefficient (Wildman–Crippen LogP) is 3.14. The maximum atomic E-state index is 13.1. The molecule has 138 valence electrons. The number of para-hydroxylation sites is 1. The molecule has 0 unspecified atom stereocenters. The lowest BCUT2D eigenvalue weighted by Gasteiger charge is -2.08. The lowest BCUT2D eigenvalue weighted by atomic mass is 10.2. The van der Waals surface area contributed by atoms with E-state index in [1.54, 1.807) is 38.1 Å². The Morgan fingerprint density at radius 2 is 1.85 bits per heavy atom. The lowest BCUT2D eigenvalue weighted by molar-refractivity contribution is 0.0527. The average molecular weight is 368 g/mol. The summed E-state index contributed by atoms with van der Waals surface area (Å²) in [6.45, 7) is 3.61. The number of hydrogen-bond acceptors (Lipinski definition) is 5. The first-order valence-corrected chi connectivity index (χ1v) is 8.26. The minimum atomic E-state index is -0.573. The number of carbonyl (C=O) groups excluding carboxylic acids is 2. The first-order chi connectivity index (χ1) is 13.0. The van der Waals surface area contributed by atoms with E-state index in [1.807, 2.05) is 0 Å². The Kier molecular flexibility index (Phi) is 5.25. The molecule has 0 aliphatic carbocycles. The number of aromatic nitrogens is 3. The van der Waals surface area contributed by atoms with Gasteiger partial charge in [-0.05, 0) is 50.2 Å². The quantitative estimate of drug-likeness (QED) is 0.699. The van der Waals surface area contributed by atoms with Gasteiger partial charge in [0.2, 0.25) is 5.82 Å². The first kappa shape index (κ1) is 18.2. The standard InChI is InChI=1S/C19H17FN4O3/c1-3-27-19(26)15-6-4-5-7-16(15)22-18(25)17-21-12(2)24(23-17)14-10-8-13(20)9-11-14/h4-11H,3H2,1-2H3,(H,22,25). The molecule has 0 saturated heterocycles. The Labute approximate surface area is 154 Å². The van der Waals surface area contributed by atoms with E-state index in [0.717, 1.165) is 0 Å². The van der Waals surface area contributed by atoms with E-state index in [-0.39, 0.29) is 23.8 Å². The van der Waals surface area contributed by atoms with Gasteiger partial charge in [0.05, 0.1) is 23.5 Å². The van der Waals surface area contributed by atoms with Gasteiger partial charge in [0.1, 0.15) is 11.6 Å². The van der Waals surface area contributed by atoms with Gasteiger partial charge in [-0.2, -0.15) is 0 Å². The molecule has 27 heavy (non-hydrogen) atoms. The van der Waals surface area contributed by atoms with Crippen LogP contribution in [0.15, 0.2) is 48.5 Å². The van der Waals surface area contributed by atoms with E-state index < -0.39 is 11.9 Å². The van der Waals surface area contributed by atoms with Gasteiger partial charge in [-0.15, -0.1) is 5.10 Å². The van der Waals surface area contributed by atoms with Crippen molar-refractivity contribution in [3.8, 4) is 5.69 Å². The van der Waals surface area contributed by atoms with E-state index in [9.17, 15) is 14.0 Å². The van der Waals surface area contributed by atoms with Gasteiger partial charge in [0, 0.05) is 0 Å². The van der Waals surface area contributed by atoms with Gasteiger partial charge in [-0.1, -0.05) is 12.1 Å². The Balaban J connectivity index is 1.85. The number of nitrogens with one attached hydrogen (secondary N) is 1. The summed E-state index contributed by atoms with van der Waals surface area (Å²) in [4.78, 5) is 28.7. The van der Waals surface area contributed by atoms with E-state index in [2.05, 4.69) is 15.4 Å². The monoisotopic (exact) mass is 368 g/mol. The number of carbonyl (C=O) groups is 2. The number of ether oxygens (including phenoxy) is 1. The second-order valence-electron chi connectivity index (χ2n) is 5.59. The number of hydrogen-bond donors (Lipinski definition) is 1. The molecular weight excluding hydrogens is 351 g/mol. The molecule has 2 aromatic carbocycles. The number of nitrogens with zero attached hydrogens (tertiary/aromatic N) is 3. The average Bonchev–Trinajstić information content (AvgIpc) is 3.05. The third-order valence-corrected chi connectivity index (χ3v) is 3.71. The molecule has 3 rings (SSSR count). The van der Waals surface area contributed by atoms with Crippen LogP contribution in [0.1, 0.15) is 33.7 Å². The minimum absolute atomic E-state index is 0.0736. The zero-order valence-electron chi connectivity index (χ0n) is 14.8. The molecule has 0 radical (unpaired) electrons. The lowest BCUT2D eigenvalue weighted by Crippen LogP contribution is -2.17. The molecule has 0 atom stereocenters. The fourth-order valence-corrected chi connectivity index (χ4v) is 2.47. The number of aryl methyl sites for hydroxylation is 1. The number of esters is 1. The summed E-state index contributed by atoms with van der Waals surface area (Å²) in [5.41, 5.74) is 1.12. The van der Waals surface area contributed by atoms with Crippen molar-refractivity contribution in [2.24, 2.45) is 0 Å². The van der Waals surface area contributed by atoms with Crippen LogP contribution in [0.25, 0.3) is 5.69 Å². The van der Waals surface area contributed by atoms with Crippen LogP contribution in [0.2, 0.25) is 0 Å². The molecule has 0 bridgehead atoms. The van der Waals surface area contributed by atoms with E-state index in [1.165, 1.54) is 28.9 Å². The predicted molar refractivity (Wildman–Crippen MR) is 96.4 cm³/mol. The van der Waals surface area contributed by atoms with Crippen LogP contribution in [0.4, 0.5) is 10.1 Å². The molecule has 0 aliphatic rings. The Hall–Kier alpha value is -3.55. The van der Waals surface area contributed by atoms with Crippen LogP contribution >= 0.6 is 0 Å². The van der Waals surface area contributed by atoms with Gasteiger partial charge in [0.25, 0.3) is 5.91 Å². The zero-order chi connectivity index (χ0) is 19.4. The third-order valence-electron chi connectivity index (χ3n) is 3.71. The Morgan fingerprint density at radius 3 is 2.56 bits per heavy atom. The highest BCUT2D eigenvalue weighted by Gasteiger charge is 2.19. The topological polar surface area (TPSA) is 86.1 Å². The van der Waals surface area contributed by atoms with Gasteiger partial charge in [-0.3, -0.25) is 4.79 Å². The van der Waals surface area contributed by atoms with Crippen molar-refractivity contribution < 1.29 is 18.7 Å². The zero-order valence-corrected chi connectivity index (χ0v) is 14.8. The van der Waals surface area contributed by atoms with Crippen molar-refractivity contribution in [3.05, 3.63) is 71.6 Å². The Bertz CT molecular complexity index is 983. The summed E-state index contributed by atoms with van der Waals surface area (Å²) >= 11 is 0. The molecular formula is C19H17FN4O3. The summed E-state index contributed by atoms with van der Waals surface area (Å²) in [5, 5.41) is 6.80. The van der Waals surface area contributed by atoms with Crippen molar-refractivity contribution in [1.82, 2.24) is 14.8 Å². The van der Waals surface area contributed by atoms with Crippen LogP contribution in [-0.4, -0.2) is 33.2 Å². The summed E-state index contributed by atoms with van der Waals surface area (Å²) in [7, 11) is 0. The number of anilines is 1. The number of rotatable bonds is 5. The smallest absolute Gasteiger partial charge is 0.340 e. The highest BCUT2D eigenvalue weighted by Crippen LogP contribution is 2.17. The maximum Gasteiger partial charge on any atom is 0.340 e. The van der Waals surface area contributed by atoms with Crippen molar-refractivity contribution in [2.75, 3.05) is 11.9 Å². The van der Waals surface area contributed by atoms with Gasteiger partial charge >= 0.3 is 5.97 Å². The third kappa shape index (κ3) is 4.00. The fourth-order valence-electron chi connectivity index (χ4n) is 2.47. The molecule has 7 nitrogen and oxygen atoms in total. The van der Waals surface area contributed by atoms with Gasteiger partial charge in [0.15, 0.2) is 0 Å². The largest absolute Gasteiger partial charge is 0.462 e. The van der Waals surface area contributed by atoms with Crippen LogP contribution in [0.5, 0.6) is 0 Å². The summed E-state index contributed by atoms with van der Waals surface area (Å²) in [6.07, 6.45) is 0. The Morgan fingerprint density at radius 1 is 1.15 bits per heavy atom. The van der Waals surface area contributed by atoms with Crippen molar-refractivity contribution in [2.45, 2.75) is 13.8 Å². The second kappa shape index (κ2) is 7.77. The van der Waals surface area contributed by atoms with Crippen LogP contribution < -0.4 is 5.32 Å². The van der Waals surface area contributed by atoms with Gasteiger partial charge in [-0.25, -0.2) is 18.9 Å². The van der Waals surface area contributed by atoms with Crippen LogP contribution in [0.3, 0.4) is 0 Å². The highest BCUT2D eigenvalue weighted by molar-refractivity contribution is 6.06. The first-order valence-electron chi connectivity index (χ1n) is 8.26. The second-order valence-corrected chi connectivity index (χ2v) is 5.59. The summed E-state index contributed by atoms with van der Waals surface area (Å²) < 4.78 is 19.5. The molecule has 0 saturated carbocycles. The molecule has 3 aromatic rings. The highest BCUT2D eigenvalue weighted by atomic mass is 19.1. The minimum Gasteiger partial charge on any atom is -0.462 e. The van der Waals surface area contributed by atoms with Crippen LogP contribution in [-0.2, 0) is 4.74 Å². The van der Waals surface area contributed by atoms with Gasteiger partial charge < -0.3 is 10.1 Å². The molecule has 0 fully saturated rings. The molecule has 1 aromatic heterocycles. The number of amides is 1. The molecule has 1 heterocycles. The van der Waals surface area contributed by atoms with Crippen molar-refractivity contribution in [3.63, 3.8) is 0 Å². The molecule has 0 aliphatic heterocycles. The molecule has 0 spiro atoms. The number of benzene rings is 2. The van der Waals surface area contributed by atoms with Crippen molar-refractivity contribution in [1.29, 1.82) is 0 Å². The summed E-state index contributed by atoms with van der Waals surface area (Å²) in [6, 6.07) is 12.2. The normalized spacial score (nSPS) is 10.5. The molecule has 1 N–H and O–H groups in total.